The molecular formula is C12H18O2Si. The number of benzene rings is 1. The first-order valence-electron chi connectivity index (χ1n) is 5.11. The van der Waals surface area contributed by atoms with E-state index in [2.05, 4.69) is 31.2 Å². The van der Waals surface area contributed by atoms with Crippen LogP contribution in [0.3, 0.4) is 0 Å². The minimum Gasteiger partial charge on any atom is -0.360 e. The lowest BCUT2D eigenvalue weighted by Gasteiger charge is -2.12. The van der Waals surface area contributed by atoms with Gasteiger partial charge < -0.3 is 9.47 Å². The van der Waals surface area contributed by atoms with E-state index in [4.69, 9.17) is 9.47 Å². The van der Waals surface area contributed by atoms with Crippen LogP contribution in [0.2, 0.25) is 6.04 Å². The Labute approximate surface area is 94.4 Å². The first-order chi connectivity index (χ1) is 7.27. The van der Waals surface area contributed by atoms with Gasteiger partial charge in [-0.05, 0) is 24.5 Å². The summed E-state index contributed by atoms with van der Waals surface area (Å²) in [6, 6.07) is 9.64. The van der Waals surface area contributed by atoms with Crippen LogP contribution in [0.5, 0.6) is 0 Å². The molecule has 0 spiro atoms. The molecule has 2 nitrogen and oxygen atoms in total. The van der Waals surface area contributed by atoms with Gasteiger partial charge in [0.1, 0.15) is 15.4 Å². The van der Waals surface area contributed by atoms with Gasteiger partial charge in [0.25, 0.3) is 0 Å². The monoisotopic (exact) mass is 222 g/mol. The van der Waals surface area contributed by atoms with E-state index < -0.39 is 0 Å². The van der Waals surface area contributed by atoms with Crippen molar-refractivity contribution in [3.05, 3.63) is 35.4 Å². The highest BCUT2D eigenvalue weighted by molar-refractivity contribution is 6.36. The molecule has 0 unspecified atom stereocenters. The van der Waals surface area contributed by atoms with Crippen molar-refractivity contribution in [2.24, 2.45) is 0 Å². The molecular weight excluding hydrogens is 204 g/mol. The van der Waals surface area contributed by atoms with Crippen LogP contribution in [0.4, 0.5) is 0 Å². The third-order valence-electron chi connectivity index (χ3n) is 2.39. The summed E-state index contributed by atoms with van der Waals surface area (Å²) < 4.78 is 10.3. The normalized spacial score (nSPS) is 10.9. The van der Waals surface area contributed by atoms with Gasteiger partial charge in [0, 0.05) is 14.2 Å². The van der Waals surface area contributed by atoms with Crippen LogP contribution in [0.25, 0.3) is 0 Å². The Morgan fingerprint density at radius 3 is 2.47 bits per heavy atom. The molecule has 1 aromatic rings. The van der Waals surface area contributed by atoms with Crippen LogP contribution in [0.15, 0.2) is 24.3 Å². The van der Waals surface area contributed by atoms with Gasteiger partial charge in [0.05, 0.1) is 0 Å². The summed E-state index contributed by atoms with van der Waals surface area (Å²) in [5.74, 6) is -0.0333. The number of ether oxygens (including phenoxy) is 2. The highest BCUT2D eigenvalue weighted by Crippen LogP contribution is 2.10. The molecule has 0 heterocycles. The number of methoxy groups -OCH3 is 2. The average Bonchev–Trinajstić information content (AvgIpc) is 2.27. The molecule has 3 heteroatoms. The van der Waals surface area contributed by atoms with Crippen molar-refractivity contribution in [3.8, 4) is 0 Å². The zero-order valence-corrected chi connectivity index (χ0v) is 10.6. The standard InChI is InChI=1S/C12H18O2Si/c1-10-6-4-5-7-11(10)8-9-15-12(13-2)14-3/h4-7,12H,8-9H2,1-3H3. The van der Waals surface area contributed by atoms with E-state index in [1.165, 1.54) is 11.1 Å². The van der Waals surface area contributed by atoms with Gasteiger partial charge in [0.15, 0.2) is 0 Å². The highest BCUT2D eigenvalue weighted by Gasteiger charge is 2.06. The SMILES string of the molecule is COC(OC)[Si]CCc1ccccc1C. The van der Waals surface area contributed by atoms with Gasteiger partial charge in [-0.2, -0.15) is 0 Å². The third-order valence-corrected chi connectivity index (χ3v) is 3.74. The molecule has 0 aliphatic heterocycles. The predicted octanol–water partition coefficient (Wildman–Crippen LogP) is 2.24. The second kappa shape index (κ2) is 6.77. The van der Waals surface area contributed by atoms with Crippen molar-refractivity contribution in [1.29, 1.82) is 0 Å². The number of aryl methyl sites for hydroxylation is 2. The Bertz CT molecular complexity index is 285. The van der Waals surface area contributed by atoms with E-state index >= 15 is 0 Å². The fraction of sp³-hybridized carbons (Fsp3) is 0.500. The predicted molar refractivity (Wildman–Crippen MR) is 63.3 cm³/mol. The van der Waals surface area contributed by atoms with Gasteiger partial charge in [-0.25, -0.2) is 0 Å². The van der Waals surface area contributed by atoms with E-state index in [0.29, 0.717) is 9.52 Å². The molecule has 0 saturated carbocycles. The van der Waals surface area contributed by atoms with Gasteiger partial charge in [-0.3, -0.25) is 0 Å². The zero-order valence-electron chi connectivity index (χ0n) is 9.62. The lowest BCUT2D eigenvalue weighted by atomic mass is 10.1. The molecule has 0 aromatic heterocycles. The Hall–Kier alpha value is -0.643. The van der Waals surface area contributed by atoms with Crippen LogP contribution in [0.1, 0.15) is 11.1 Å². The summed E-state index contributed by atoms with van der Waals surface area (Å²) in [6.07, 6.45) is 1.11. The lowest BCUT2D eigenvalue weighted by Crippen LogP contribution is -2.21. The number of hydrogen-bond acceptors (Lipinski definition) is 2. The summed E-state index contributed by atoms with van der Waals surface area (Å²) in [5, 5.41) is 0. The first-order valence-corrected chi connectivity index (χ1v) is 6.40. The molecule has 0 atom stereocenters. The first kappa shape index (κ1) is 12.4. The molecule has 1 rings (SSSR count). The van der Waals surface area contributed by atoms with E-state index in [1.54, 1.807) is 14.2 Å². The second-order valence-electron chi connectivity index (χ2n) is 3.43. The molecule has 0 bridgehead atoms. The van der Waals surface area contributed by atoms with E-state index in [0.717, 1.165) is 12.5 Å². The zero-order chi connectivity index (χ0) is 11.1. The van der Waals surface area contributed by atoms with E-state index in [9.17, 15) is 0 Å². The Balaban J connectivity index is 2.34. The minimum atomic E-state index is -0.0333. The van der Waals surface area contributed by atoms with Crippen molar-refractivity contribution in [1.82, 2.24) is 0 Å². The van der Waals surface area contributed by atoms with Crippen LogP contribution < -0.4 is 0 Å². The smallest absolute Gasteiger partial charge is 0.136 e. The van der Waals surface area contributed by atoms with Crippen LogP contribution in [-0.2, 0) is 15.9 Å². The quantitative estimate of drug-likeness (QED) is 0.543. The topological polar surface area (TPSA) is 18.5 Å². The van der Waals surface area contributed by atoms with Gasteiger partial charge in [-0.1, -0.05) is 30.3 Å². The number of hydrogen-bond donors (Lipinski definition) is 0. The van der Waals surface area contributed by atoms with Crippen molar-refractivity contribution in [3.63, 3.8) is 0 Å². The molecule has 0 aliphatic carbocycles. The Kier molecular flexibility index (Phi) is 5.61. The minimum absolute atomic E-state index is 0.0333. The largest absolute Gasteiger partial charge is 0.360 e. The van der Waals surface area contributed by atoms with Crippen molar-refractivity contribution in [2.45, 2.75) is 25.3 Å². The molecule has 0 N–H and O–H groups in total. The fourth-order valence-corrected chi connectivity index (χ4v) is 2.46. The fourth-order valence-electron chi connectivity index (χ4n) is 1.48. The van der Waals surface area contributed by atoms with Gasteiger partial charge in [0.2, 0.25) is 0 Å². The van der Waals surface area contributed by atoms with E-state index in [-0.39, 0.29) is 5.91 Å². The molecule has 1 aromatic carbocycles. The van der Waals surface area contributed by atoms with Crippen LogP contribution in [-0.4, -0.2) is 29.7 Å². The summed E-state index contributed by atoms with van der Waals surface area (Å²) in [5.41, 5.74) is 2.80. The van der Waals surface area contributed by atoms with Gasteiger partial charge >= 0.3 is 0 Å². The third kappa shape index (κ3) is 4.16. The summed E-state index contributed by atoms with van der Waals surface area (Å²) in [4.78, 5) is 0. The Morgan fingerprint density at radius 1 is 1.20 bits per heavy atom. The molecule has 15 heavy (non-hydrogen) atoms. The highest BCUT2D eigenvalue weighted by atomic mass is 28.2. The molecule has 2 radical (unpaired) electrons. The van der Waals surface area contributed by atoms with Crippen LogP contribution >= 0.6 is 0 Å². The summed E-state index contributed by atoms with van der Waals surface area (Å²) in [7, 11) is 4.08. The molecule has 0 aliphatic rings. The Morgan fingerprint density at radius 2 is 1.87 bits per heavy atom. The van der Waals surface area contributed by atoms with E-state index in [1.807, 2.05) is 0 Å². The maximum atomic E-state index is 5.16. The molecule has 82 valence electrons. The average molecular weight is 222 g/mol. The lowest BCUT2D eigenvalue weighted by molar-refractivity contribution is -0.0440. The van der Waals surface area contributed by atoms with Crippen molar-refractivity contribution < 1.29 is 9.47 Å². The van der Waals surface area contributed by atoms with Crippen molar-refractivity contribution in [2.75, 3.05) is 14.2 Å². The molecule has 0 amide bonds. The molecule has 0 fully saturated rings. The second-order valence-corrected chi connectivity index (χ2v) is 4.81. The summed E-state index contributed by atoms with van der Waals surface area (Å²) in [6.45, 7) is 2.16. The maximum Gasteiger partial charge on any atom is 0.136 e. The summed E-state index contributed by atoms with van der Waals surface area (Å²) >= 11 is 0. The van der Waals surface area contributed by atoms with Gasteiger partial charge in [-0.15, -0.1) is 0 Å². The molecule has 0 saturated heterocycles. The number of rotatable bonds is 6. The van der Waals surface area contributed by atoms with Crippen LogP contribution in [0, 0.1) is 6.92 Å². The van der Waals surface area contributed by atoms with Crippen molar-refractivity contribution >= 4 is 9.52 Å². The maximum absolute atomic E-state index is 5.16.